The molecule has 0 radical (unpaired) electrons. The highest BCUT2D eigenvalue weighted by atomic mass is 16.5. The Bertz CT molecular complexity index is 545. The number of hydrogen-bond donors (Lipinski definition) is 2. The minimum Gasteiger partial charge on any atom is -0.356 e. The van der Waals surface area contributed by atoms with E-state index in [2.05, 4.69) is 15.8 Å². The molecule has 0 atom stereocenters. The third kappa shape index (κ3) is 2.22. The van der Waals surface area contributed by atoms with Gasteiger partial charge in [0.25, 0.3) is 0 Å². The molecule has 5 heteroatoms. The van der Waals surface area contributed by atoms with Crippen LogP contribution in [0.25, 0.3) is 11.0 Å². The molecule has 1 fully saturated rings. The zero-order valence-electron chi connectivity index (χ0n) is 9.27. The second-order valence-electron chi connectivity index (χ2n) is 4.23. The van der Waals surface area contributed by atoms with Gasteiger partial charge in [-0.25, -0.2) is 4.79 Å². The molecule has 5 nitrogen and oxygen atoms in total. The van der Waals surface area contributed by atoms with Gasteiger partial charge in [-0.1, -0.05) is 17.3 Å². The van der Waals surface area contributed by atoms with Crippen molar-refractivity contribution < 1.29 is 9.32 Å². The molecule has 1 aromatic heterocycles. The largest absolute Gasteiger partial charge is 0.356 e. The fraction of sp³-hybridized carbons (Fsp3) is 0.333. The smallest absolute Gasteiger partial charge is 0.315 e. The molecule has 88 valence electrons. The van der Waals surface area contributed by atoms with Gasteiger partial charge >= 0.3 is 6.03 Å². The second-order valence-corrected chi connectivity index (χ2v) is 4.23. The summed E-state index contributed by atoms with van der Waals surface area (Å²) in [7, 11) is 0. The van der Waals surface area contributed by atoms with Crippen LogP contribution in [-0.2, 0) is 6.54 Å². The molecule has 2 aromatic rings. The van der Waals surface area contributed by atoms with Gasteiger partial charge in [-0.05, 0) is 25.0 Å². The SMILES string of the molecule is O=C(NCc1noc2ccccc12)NC1CC1. The normalized spacial score (nSPS) is 14.8. The Morgan fingerprint density at radius 3 is 3.06 bits per heavy atom. The van der Waals surface area contributed by atoms with Crippen molar-refractivity contribution in [2.75, 3.05) is 0 Å². The highest BCUT2D eigenvalue weighted by molar-refractivity contribution is 5.80. The van der Waals surface area contributed by atoms with E-state index in [4.69, 9.17) is 4.52 Å². The summed E-state index contributed by atoms with van der Waals surface area (Å²) in [5.74, 6) is 0. The fourth-order valence-corrected chi connectivity index (χ4v) is 1.69. The van der Waals surface area contributed by atoms with Crippen molar-refractivity contribution in [3.63, 3.8) is 0 Å². The van der Waals surface area contributed by atoms with Crippen LogP contribution >= 0.6 is 0 Å². The molecular formula is C12H13N3O2. The van der Waals surface area contributed by atoms with Gasteiger partial charge in [0.05, 0.1) is 6.54 Å². The van der Waals surface area contributed by atoms with E-state index in [0.29, 0.717) is 12.6 Å². The third-order valence-corrected chi connectivity index (χ3v) is 2.78. The maximum Gasteiger partial charge on any atom is 0.315 e. The Morgan fingerprint density at radius 2 is 2.24 bits per heavy atom. The Labute approximate surface area is 98.2 Å². The molecule has 0 unspecified atom stereocenters. The van der Waals surface area contributed by atoms with Crippen LogP contribution in [0.3, 0.4) is 0 Å². The topological polar surface area (TPSA) is 67.2 Å². The predicted octanol–water partition coefficient (Wildman–Crippen LogP) is 1.79. The summed E-state index contributed by atoms with van der Waals surface area (Å²) >= 11 is 0. The molecule has 1 saturated carbocycles. The highest BCUT2D eigenvalue weighted by Gasteiger charge is 2.23. The summed E-state index contributed by atoms with van der Waals surface area (Å²) in [5, 5.41) is 10.5. The lowest BCUT2D eigenvalue weighted by atomic mass is 10.2. The van der Waals surface area contributed by atoms with Crippen LogP contribution in [0.1, 0.15) is 18.5 Å². The molecule has 1 aliphatic rings. The number of carbonyl (C=O) groups excluding carboxylic acids is 1. The van der Waals surface area contributed by atoms with Crippen molar-refractivity contribution in [2.24, 2.45) is 0 Å². The van der Waals surface area contributed by atoms with Crippen molar-refractivity contribution in [3.8, 4) is 0 Å². The minimum absolute atomic E-state index is 0.139. The van der Waals surface area contributed by atoms with Gasteiger partial charge in [0, 0.05) is 11.4 Å². The number of amides is 2. The summed E-state index contributed by atoms with van der Waals surface area (Å²) in [4.78, 5) is 11.4. The van der Waals surface area contributed by atoms with E-state index < -0.39 is 0 Å². The highest BCUT2D eigenvalue weighted by Crippen LogP contribution is 2.19. The second kappa shape index (κ2) is 4.08. The molecule has 0 saturated heterocycles. The molecule has 1 aromatic carbocycles. The number of para-hydroxylation sites is 1. The molecular weight excluding hydrogens is 218 g/mol. The third-order valence-electron chi connectivity index (χ3n) is 2.78. The predicted molar refractivity (Wildman–Crippen MR) is 62.4 cm³/mol. The first kappa shape index (κ1) is 10.1. The molecule has 1 aliphatic carbocycles. The maximum atomic E-state index is 11.4. The van der Waals surface area contributed by atoms with Gasteiger partial charge in [-0.2, -0.15) is 0 Å². The van der Waals surface area contributed by atoms with Crippen LogP contribution in [0.15, 0.2) is 28.8 Å². The summed E-state index contributed by atoms with van der Waals surface area (Å²) in [6.07, 6.45) is 2.17. The molecule has 2 N–H and O–H groups in total. The Morgan fingerprint density at radius 1 is 1.41 bits per heavy atom. The van der Waals surface area contributed by atoms with E-state index in [-0.39, 0.29) is 6.03 Å². The molecule has 0 aliphatic heterocycles. The molecule has 1 heterocycles. The molecule has 3 rings (SSSR count). The van der Waals surface area contributed by atoms with Crippen LogP contribution < -0.4 is 10.6 Å². The average Bonchev–Trinajstić information content (AvgIpc) is 3.06. The Balaban J connectivity index is 1.65. The van der Waals surface area contributed by atoms with Crippen molar-refractivity contribution in [1.29, 1.82) is 0 Å². The summed E-state index contributed by atoms with van der Waals surface area (Å²) in [6, 6.07) is 7.83. The first-order chi connectivity index (χ1) is 8.33. The lowest BCUT2D eigenvalue weighted by Crippen LogP contribution is -2.36. The van der Waals surface area contributed by atoms with Crippen LogP contribution in [0.2, 0.25) is 0 Å². The average molecular weight is 231 g/mol. The minimum atomic E-state index is -0.139. The van der Waals surface area contributed by atoms with E-state index in [9.17, 15) is 4.79 Å². The van der Waals surface area contributed by atoms with Crippen molar-refractivity contribution >= 4 is 17.0 Å². The molecule has 2 amide bonds. The van der Waals surface area contributed by atoms with E-state index in [1.807, 2.05) is 24.3 Å². The van der Waals surface area contributed by atoms with E-state index in [0.717, 1.165) is 29.5 Å². The number of hydrogen-bond acceptors (Lipinski definition) is 3. The molecule has 17 heavy (non-hydrogen) atoms. The van der Waals surface area contributed by atoms with Crippen LogP contribution in [-0.4, -0.2) is 17.2 Å². The number of nitrogens with zero attached hydrogens (tertiary/aromatic N) is 1. The van der Waals surface area contributed by atoms with Crippen LogP contribution in [0, 0.1) is 0 Å². The van der Waals surface area contributed by atoms with Crippen molar-refractivity contribution in [2.45, 2.75) is 25.4 Å². The van der Waals surface area contributed by atoms with Gasteiger partial charge in [-0.15, -0.1) is 0 Å². The zero-order chi connectivity index (χ0) is 11.7. The summed E-state index contributed by atoms with van der Waals surface area (Å²) in [6.45, 7) is 0.384. The number of nitrogens with one attached hydrogen (secondary N) is 2. The van der Waals surface area contributed by atoms with Crippen LogP contribution in [0.4, 0.5) is 4.79 Å². The molecule has 0 spiro atoms. The summed E-state index contributed by atoms with van der Waals surface area (Å²) < 4.78 is 5.15. The standard InChI is InChI=1S/C12H13N3O2/c16-12(14-8-5-6-8)13-7-10-9-3-1-2-4-11(9)17-15-10/h1-4,8H,5-7H2,(H2,13,14,16). The van der Waals surface area contributed by atoms with E-state index in [1.165, 1.54) is 0 Å². The van der Waals surface area contributed by atoms with Gasteiger partial charge in [-0.3, -0.25) is 0 Å². The lowest BCUT2D eigenvalue weighted by molar-refractivity contribution is 0.240. The van der Waals surface area contributed by atoms with Gasteiger partial charge in [0.2, 0.25) is 0 Å². The first-order valence-electron chi connectivity index (χ1n) is 5.70. The number of rotatable bonds is 3. The maximum absolute atomic E-state index is 11.4. The van der Waals surface area contributed by atoms with E-state index >= 15 is 0 Å². The van der Waals surface area contributed by atoms with Gasteiger partial charge in [0.1, 0.15) is 5.69 Å². The van der Waals surface area contributed by atoms with Gasteiger partial charge in [0.15, 0.2) is 5.58 Å². The number of urea groups is 1. The summed E-state index contributed by atoms with van der Waals surface area (Å²) in [5.41, 5.74) is 1.50. The quantitative estimate of drug-likeness (QED) is 0.846. The van der Waals surface area contributed by atoms with Crippen molar-refractivity contribution in [3.05, 3.63) is 30.0 Å². The van der Waals surface area contributed by atoms with Gasteiger partial charge < -0.3 is 15.2 Å². The number of aromatic nitrogens is 1. The zero-order valence-corrected chi connectivity index (χ0v) is 9.27. The Kier molecular flexibility index (Phi) is 2.44. The number of fused-ring (bicyclic) bond motifs is 1. The van der Waals surface area contributed by atoms with Crippen LogP contribution in [0.5, 0.6) is 0 Å². The fourth-order valence-electron chi connectivity index (χ4n) is 1.69. The van der Waals surface area contributed by atoms with E-state index in [1.54, 1.807) is 0 Å². The van der Waals surface area contributed by atoms with Crippen molar-refractivity contribution in [1.82, 2.24) is 15.8 Å². The Hall–Kier alpha value is -2.04. The first-order valence-corrected chi connectivity index (χ1v) is 5.70. The number of benzene rings is 1. The monoisotopic (exact) mass is 231 g/mol. The molecule has 0 bridgehead atoms. The number of carbonyl (C=O) groups is 1. The lowest BCUT2D eigenvalue weighted by Gasteiger charge is -2.04.